The Balaban J connectivity index is 1.91. The molecule has 2 aromatic rings. The van der Waals surface area contributed by atoms with Gasteiger partial charge in [0.25, 0.3) is 5.91 Å². The molecule has 0 radical (unpaired) electrons. The molecule has 2 rings (SSSR count). The Morgan fingerprint density at radius 2 is 2.50 bits per heavy atom. The molecule has 0 aliphatic carbocycles. The second-order valence-electron chi connectivity index (χ2n) is 3.75. The van der Waals surface area contributed by atoms with Gasteiger partial charge in [-0.3, -0.25) is 9.89 Å². The fourth-order valence-corrected chi connectivity index (χ4v) is 1.51. The lowest BCUT2D eigenvalue weighted by molar-refractivity contribution is 0.0943. The van der Waals surface area contributed by atoms with Gasteiger partial charge < -0.3 is 14.5 Å². The first-order valence-corrected chi connectivity index (χ1v) is 5.67. The molecule has 0 aliphatic heterocycles. The van der Waals surface area contributed by atoms with E-state index in [2.05, 4.69) is 15.5 Å². The van der Waals surface area contributed by atoms with E-state index < -0.39 is 0 Å². The molecule has 2 heterocycles. The second-order valence-corrected chi connectivity index (χ2v) is 3.75. The molecule has 2 N–H and O–H groups in total. The number of furan rings is 1. The minimum absolute atomic E-state index is 0.208. The van der Waals surface area contributed by atoms with Crippen molar-refractivity contribution in [3.05, 3.63) is 30.2 Å². The maximum Gasteiger partial charge on any atom is 0.271 e. The monoisotopic (exact) mass is 249 g/mol. The van der Waals surface area contributed by atoms with Gasteiger partial charge in [-0.05, 0) is 18.6 Å². The molecule has 1 amide bonds. The molecule has 0 saturated heterocycles. The minimum Gasteiger partial charge on any atom is -0.463 e. The van der Waals surface area contributed by atoms with Crippen molar-refractivity contribution in [3.63, 3.8) is 0 Å². The number of amides is 1. The lowest BCUT2D eigenvalue weighted by Crippen LogP contribution is -2.25. The van der Waals surface area contributed by atoms with Gasteiger partial charge in [-0.1, -0.05) is 0 Å². The van der Waals surface area contributed by atoms with Crippen LogP contribution in [0.25, 0.3) is 11.5 Å². The molecule has 0 saturated carbocycles. The first kappa shape index (κ1) is 12.4. The van der Waals surface area contributed by atoms with Gasteiger partial charge in [0, 0.05) is 26.3 Å². The number of nitrogens with zero attached hydrogens (tertiary/aromatic N) is 1. The van der Waals surface area contributed by atoms with E-state index in [0.717, 1.165) is 6.42 Å². The van der Waals surface area contributed by atoms with Crippen LogP contribution >= 0.6 is 0 Å². The van der Waals surface area contributed by atoms with E-state index in [1.54, 1.807) is 31.6 Å². The fraction of sp³-hybridized carbons (Fsp3) is 0.333. The minimum atomic E-state index is -0.208. The number of carbonyl (C=O) groups is 1. The van der Waals surface area contributed by atoms with Gasteiger partial charge in [0.2, 0.25) is 0 Å². The standard InChI is InChI=1S/C12H15N3O3/c1-17-6-3-5-13-12(16)10-8-9(14-15-10)11-4-2-7-18-11/h2,4,7-8H,3,5-6H2,1H3,(H,13,16)(H,14,15). The van der Waals surface area contributed by atoms with Gasteiger partial charge >= 0.3 is 0 Å². The highest BCUT2D eigenvalue weighted by Crippen LogP contribution is 2.17. The highest BCUT2D eigenvalue weighted by Gasteiger charge is 2.11. The van der Waals surface area contributed by atoms with E-state index in [-0.39, 0.29) is 5.91 Å². The van der Waals surface area contributed by atoms with Gasteiger partial charge in [-0.2, -0.15) is 5.10 Å². The molecule has 0 atom stereocenters. The lowest BCUT2D eigenvalue weighted by atomic mass is 10.3. The summed E-state index contributed by atoms with van der Waals surface area (Å²) in [4.78, 5) is 11.7. The molecule has 18 heavy (non-hydrogen) atoms. The number of H-pyrrole nitrogens is 1. The van der Waals surface area contributed by atoms with Crippen LogP contribution in [0.1, 0.15) is 16.9 Å². The van der Waals surface area contributed by atoms with Crippen molar-refractivity contribution in [2.24, 2.45) is 0 Å². The highest BCUT2D eigenvalue weighted by molar-refractivity contribution is 5.93. The average Bonchev–Trinajstić information content (AvgIpc) is 3.03. The zero-order chi connectivity index (χ0) is 12.8. The summed E-state index contributed by atoms with van der Waals surface area (Å²) in [6, 6.07) is 5.24. The molecule has 96 valence electrons. The van der Waals surface area contributed by atoms with Crippen LogP contribution < -0.4 is 5.32 Å². The van der Waals surface area contributed by atoms with Gasteiger partial charge in [0.15, 0.2) is 11.5 Å². The van der Waals surface area contributed by atoms with Crippen molar-refractivity contribution >= 4 is 5.91 Å². The lowest BCUT2D eigenvalue weighted by Gasteiger charge is -2.01. The first-order valence-electron chi connectivity index (χ1n) is 5.67. The van der Waals surface area contributed by atoms with Crippen LogP contribution in [0, 0.1) is 0 Å². The normalized spacial score (nSPS) is 10.5. The Kier molecular flexibility index (Phi) is 4.14. The third-order valence-corrected chi connectivity index (χ3v) is 2.41. The number of ether oxygens (including phenoxy) is 1. The quantitative estimate of drug-likeness (QED) is 0.759. The number of rotatable bonds is 6. The number of aromatic amines is 1. The number of hydrogen-bond acceptors (Lipinski definition) is 4. The molecule has 2 aromatic heterocycles. The Morgan fingerprint density at radius 3 is 3.22 bits per heavy atom. The van der Waals surface area contributed by atoms with Gasteiger partial charge in [0.1, 0.15) is 5.69 Å². The topological polar surface area (TPSA) is 80.1 Å². The van der Waals surface area contributed by atoms with Crippen molar-refractivity contribution in [2.75, 3.05) is 20.3 Å². The van der Waals surface area contributed by atoms with E-state index in [0.29, 0.717) is 30.3 Å². The van der Waals surface area contributed by atoms with Crippen molar-refractivity contribution in [3.8, 4) is 11.5 Å². The molecular formula is C12H15N3O3. The number of nitrogens with one attached hydrogen (secondary N) is 2. The van der Waals surface area contributed by atoms with Gasteiger partial charge in [-0.25, -0.2) is 0 Å². The predicted octanol–water partition coefficient (Wildman–Crippen LogP) is 1.44. The van der Waals surface area contributed by atoms with Crippen LogP contribution in [-0.4, -0.2) is 36.4 Å². The second kappa shape index (κ2) is 6.02. The van der Waals surface area contributed by atoms with Gasteiger partial charge in [-0.15, -0.1) is 0 Å². The molecule has 0 bridgehead atoms. The summed E-state index contributed by atoms with van der Waals surface area (Å²) in [5, 5.41) is 9.46. The molecular weight excluding hydrogens is 234 g/mol. The summed E-state index contributed by atoms with van der Waals surface area (Å²) in [5.41, 5.74) is 1.03. The first-order chi connectivity index (χ1) is 8.81. The molecule has 0 fully saturated rings. The van der Waals surface area contributed by atoms with Crippen LogP contribution in [0.2, 0.25) is 0 Å². The third-order valence-electron chi connectivity index (χ3n) is 2.41. The van der Waals surface area contributed by atoms with Crippen LogP contribution in [0.15, 0.2) is 28.9 Å². The molecule has 0 aliphatic rings. The largest absolute Gasteiger partial charge is 0.463 e. The molecule has 0 spiro atoms. The summed E-state index contributed by atoms with van der Waals surface area (Å²) in [6.07, 6.45) is 2.35. The summed E-state index contributed by atoms with van der Waals surface area (Å²) in [7, 11) is 1.63. The SMILES string of the molecule is COCCCNC(=O)c1cc(-c2ccco2)[nH]n1. The summed E-state index contributed by atoms with van der Waals surface area (Å²) in [6.45, 7) is 1.19. The fourth-order valence-electron chi connectivity index (χ4n) is 1.51. The average molecular weight is 249 g/mol. The van der Waals surface area contributed by atoms with Gasteiger partial charge in [0.05, 0.1) is 6.26 Å². The smallest absolute Gasteiger partial charge is 0.271 e. The molecule has 0 aromatic carbocycles. The van der Waals surface area contributed by atoms with Crippen LogP contribution in [-0.2, 0) is 4.74 Å². The van der Waals surface area contributed by atoms with Crippen molar-refractivity contribution in [1.82, 2.24) is 15.5 Å². The molecule has 0 unspecified atom stereocenters. The number of carbonyl (C=O) groups excluding carboxylic acids is 1. The van der Waals surface area contributed by atoms with Crippen LogP contribution in [0.4, 0.5) is 0 Å². The number of hydrogen-bond donors (Lipinski definition) is 2. The Hall–Kier alpha value is -2.08. The van der Waals surface area contributed by atoms with E-state index in [9.17, 15) is 4.79 Å². The predicted molar refractivity (Wildman–Crippen MR) is 65.1 cm³/mol. The maximum atomic E-state index is 11.7. The Bertz CT molecular complexity index is 490. The maximum absolute atomic E-state index is 11.7. The van der Waals surface area contributed by atoms with Crippen molar-refractivity contribution in [1.29, 1.82) is 0 Å². The van der Waals surface area contributed by atoms with Crippen molar-refractivity contribution < 1.29 is 13.9 Å². The van der Waals surface area contributed by atoms with E-state index in [1.807, 2.05) is 0 Å². The summed E-state index contributed by atoms with van der Waals surface area (Å²) in [5.74, 6) is 0.445. The number of methoxy groups -OCH3 is 1. The van der Waals surface area contributed by atoms with Crippen LogP contribution in [0.3, 0.4) is 0 Å². The van der Waals surface area contributed by atoms with E-state index >= 15 is 0 Å². The molecule has 6 nitrogen and oxygen atoms in total. The Morgan fingerprint density at radius 1 is 1.61 bits per heavy atom. The zero-order valence-corrected chi connectivity index (χ0v) is 10.1. The number of aromatic nitrogens is 2. The highest BCUT2D eigenvalue weighted by atomic mass is 16.5. The zero-order valence-electron chi connectivity index (χ0n) is 10.1. The van der Waals surface area contributed by atoms with Crippen LogP contribution in [0.5, 0.6) is 0 Å². The summed E-state index contributed by atoms with van der Waals surface area (Å²) < 4.78 is 10.1. The Labute approximate surface area is 104 Å². The van der Waals surface area contributed by atoms with E-state index in [4.69, 9.17) is 9.15 Å². The van der Waals surface area contributed by atoms with E-state index in [1.165, 1.54) is 0 Å². The third kappa shape index (κ3) is 2.98. The summed E-state index contributed by atoms with van der Waals surface area (Å²) >= 11 is 0. The van der Waals surface area contributed by atoms with Crippen molar-refractivity contribution in [2.45, 2.75) is 6.42 Å². The molecule has 6 heteroatoms.